The average molecular weight is 509 g/mol. The standard InChI is InChI=1S/C29H36N2O6/c1-4-36-28(34)29-16-8-6-5-7-9-25(29)31(19-21-11-14-22(35-3)15-12-21)27(33)24(29)17-26(32)30-18-23-13-10-20(2)37-23/h9-15,24H,4-8,16-19H2,1-3H3,(H,30,32)/b25-9+/t24-,29+/m1/s1. The summed E-state index contributed by atoms with van der Waals surface area (Å²) in [7, 11) is 1.61. The van der Waals surface area contributed by atoms with Gasteiger partial charge in [0.05, 0.1) is 32.7 Å². The molecule has 1 N–H and O–H groups in total. The zero-order valence-corrected chi connectivity index (χ0v) is 21.9. The van der Waals surface area contributed by atoms with E-state index in [4.69, 9.17) is 13.9 Å². The molecular weight excluding hydrogens is 472 g/mol. The van der Waals surface area contributed by atoms with Crippen LogP contribution in [0.2, 0.25) is 0 Å². The molecule has 0 bridgehead atoms. The SMILES string of the molecule is CCOC(=O)[C@]12CCCCC/C=C\1N(Cc1ccc(OC)cc1)C(=O)[C@H]2CC(=O)NCc1ccc(C)o1. The number of hydrogen-bond acceptors (Lipinski definition) is 6. The van der Waals surface area contributed by atoms with Crippen LogP contribution in [0.25, 0.3) is 0 Å². The number of fused-ring (bicyclic) bond motifs is 1. The van der Waals surface area contributed by atoms with Crippen LogP contribution in [0.3, 0.4) is 0 Å². The van der Waals surface area contributed by atoms with E-state index in [0.29, 0.717) is 24.4 Å². The molecule has 37 heavy (non-hydrogen) atoms. The number of carbonyl (C=O) groups is 3. The molecule has 0 radical (unpaired) electrons. The van der Waals surface area contributed by atoms with Crippen LogP contribution in [0.4, 0.5) is 0 Å². The van der Waals surface area contributed by atoms with E-state index in [2.05, 4.69) is 5.32 Å². The summed E-state index contributed by atoms with van der Waals surface area (Å²) in [5, 5.41) is 2.86. The van der Waals surface area contributed by atoms with E-state index in [-0.39, 0.29) is 31.4 Å². The normalized spacial score (nSPS) is 22.9. The van der Waals surface area contributed by atoms with E-state index < -0.39 is 17.3 Å². The number of furan rings is 1. The fourth-order valence-corrected chi connectivity index (χ4v) is 5.47. The van der Waals surface area contributed by atoms with Gasteiger partial charge in [-0.1, -0.05) is 31.1 Å². The molecule has 1 fully saturated rings. The number of amides is 2. The predicted octanol–water partition coefficient (Wildman–Crippen LogP) is 4.66. The molecule has 1 aliphatic heterocycles. The molecular formula is C29H36N2O6. The van der Waals surface area contributed by atoms with Gasteiger partial charge in [0.25, 0.3) is 0 Å². The number of nitrogens with one attached hydrogen (secondary N) is 1. The second kappa shape index (κ2) is 11.7. The van der Waals surface area contributed by atoms with Crippen molar-refractivity contribution in [1.82, 2.24) is 10.2 Å². The number of methoxy groups -OCH3 is 1. The number of esters is 1. The second-order valence-corrected chi connectivity index (χ2v) is 9.70. The van der Waals surface area contributed by atoms with Crippen LogP contribution in [-0.2, 0) is 32.2 Å². The van der Waals surface area contributed by atoms with Crippen molar-refractivity contribution < 1.29 is 28.3 Å². The monoisotopic (exact) mass is 508 g/mol. The van der Waals surface area contributed by atoms with Crippen molar-refractivity contribution in [2.45, 2.75) is 65.5 Å². The van der Waals surface area contributed by atoms with Gasteiger partial charge in [-0.05, 0) is 62.9 Å². The molecule has 2 aromatic rings. The summed E-state index contributed by atoms with van der Waals surface area (Å²) in [6.45, 7) is 4.33. The van der Waals surface area contributed by atoms with Crippen LogP contribution >= 0.6 is 0 Å². The van der Waals surface area contributed by atoms with Gasteiger partial charge in [-0.3, -0.25) is 14.4 Å². The van der Waals surface area contributed by atoms with E-state index >= 15 is 0 Å². The number of benzene rings is 1. The lowest BCUT2D eigenvalue weighted by molar-refractivity contribution is -0.158. The number of nitrogens with zero attached hydrogens (tertiary/aromatic N) is 1. The van der Waals surface area contributed by atoms with Crippen LogP contribution in [-0.4, -0.2) is 36.4 Å². The lowest BCUT2D eigenvalue weighted by atomic mass is 9.69. The molecule has 0 saturated carbocycles. The van der Waals surface area contributed by atoms with Gasteiger partial charge in [-0.2, -0.15) is 0 Å². The Hall–Kier alpha value is -3.55. The Bertz CT molecular complexity index is 1150. The van der Waals surface area contributed by atoms with Crippen molar-refractivity contribution in [2.24, 2.45) is 11.3 Å². The van der Waals surface area contributed by atoms with Gasteiger partial charge in [0.2, 0.25) is 11.8 Å². The minimum Gasteiger partial charge on any atom is -0.497 e. The lowest BCUT2D eigenvalue weighted by Gasteiger charge is -2.34. The second-order valence-electron chi connectivity index (χ2n) is 9.70. The first kappa shape index (κ1) is 26.5. The maximum Gasteiger partial charge on any atom is 0.318 e. The highest BCUT2D eigenvalue weighted by molar-refractivity contribution is 5.98. The zero-order valence-electron chi connectivity index (χ0n) is 21.9. The van der Waals surface area contributed by atoms with Gasteiger partial charge in [-0.25, -0.2) is 0 Å². The summed E-state index contributed by atoms with van der Waals surface area (Å²) in [6, 6.07) is 11.2. The van der Waals surface area contributed by atoms with Crippen molar-refractivity contribution in [1.29, 1.82) is 0 Å². The largest absolute Gasteiger partial charge is 0.497 e. The number of ether oxygens (including phenoxy) is 2. The molecule has 2 heterocycles. The molecule has 2 aliphatic rings. The number of carbonyl (C=O) groups excluding carboxylic acids is 3. The highest BCUT2D eigenvalue weighted by atomic mass is 16.5. The smallest absolute Gasteiger partial charge is 0.318 e. The minimum absolute atomic E-state index is 0.103. The maximum absolute atomic E-state index is 14.0. The number of hydrogen-bond donors (Lipinski definition) is 1. The van der Waals surface area contributed by atoms with Crippen molar-refractivity contribution in [3.8, 4) is 5.75 Å². The molecule has 1 saturated heterocycles. The van der Waals surface area contributed by atoms with Gasteiger partial charge < -0.3 is 24.1 Å². The predicted molar refractivity (Wildman–Crippen MR) is 137 cm³/mol. The third-order valence-corrected chi connectivity index (χ3v) is 7.30. The quantitative estimate of drug-likeness (QED) is 0.495. The molecule has 8 heteroatoms. The first-order valence-electron chi connectivity index (χ1n) is 13.0. The number of rotatable bonds is 9. The molecule has 0 unspecified atom stereocenters. The van der Waals surface area contributed by atoms with Gasteiger partial charge in [0, 0.05) is 12.1 Å². The summed E-state index contributed by atoms with van der Waals surface area (Å²) in [5.41, 5.74) is 0.401. The van der Waals surface area contributed by atoms with Gasteiger partial charge in [-0.15, -0.1) is 0 Å². The first-order valence-corrected chi connectivity index (χ1v) is 13.0. The first-order chi connectivity index (χ1) is 17.9. The molecule has 4 rings (SSSR count). The Morgan fingerprint density at radius 2 is 1.92 bits per heavy atom. The lowest BCUT2D eigenvalue weighted by Crippen LogP contribution is -2.42. The third-order valence-electron chi connectivity index (χ3n) is 7.30. The summed E-state index contributed by atoms with van der Waals surface area (Å²) in [4.78, 5) is 42.5. The van der Waals surface area contributed by atoms with Crippen molar-refractivity contribution in [2.75, 3.05) is 13.7 Å². The van der Waals surface area contributed by atoms with E-state index in [1.165, 1.54) is 0 Å². The summed E-state index contributed by atoms with van der Waals surface area (Å²) in [5.74, 6) is 0.334. The Morgan fingerprint density at radius 1 is 1.14 bits per heavy atom. The average Bonchev–Trinajstić information content (AvgIpc) is 3.38. The molecule has 1 aromatic heterocycles. The van der Waals surface area contributed by atoms with E-state index in [1.807, 2.05) is 49.4 Å². The molecule has 0 spiro atoms. The van der Waals surface area contributed by atoms with E-state index in [1.54, 1.807) is 18.9 Å². The molecule has 1 aliphatic carbocycles. The minimum atomic E-state index is -1.18. The fourth-order valence-electron chi connectivity index (χ4n) is 5.47. The van der Waals surface area contributed by atoms with Gasteiger partial charge in [0.1, 0.15) is 22.7 Å². The number of likely N-dealkylation sites (tertiary alicyclic amines) is 1. The molecule has 8 nitrogen and oxygen atoms in total. The van der Waals surface area contributed by atoms with Gasteiger partial charge in [0.15, 0.2) is 0 Å². The van der Waals surface area contributed by atoms with E-state index in [0.717, 1.165) is 42.8 Å². The van der Waals surface area contributed by atoms with Crippen LogP contribution in [0.1, 0.15) is 62.5 Å². The number of allylic oxidation sites excluding steroid dienone is 1. The Balaban J connectivity index is 1.66. The Labute approximate surface area is 218 Å². The molecule has 1 aromatic carbocycles. The summed E-state index contributed by atoms with van der Waals surface area (Å²) < 4.78 is 16.4. The third kappa shape index (κ3) is 5.58. The van der Waals surface area contributed by atoms with Crippen LogP contribution in [0.15, 0.2) is 52.6 Å². The van der Waals surface area contributed by atoms with Crippen molar-refractivity contribution >= 4 is 17.8 Å². The highest BCUT2D eigenvalue weighted by Crippen LogP contribution is 2.53. The molecule has 198 valence electrons. The summed E-state index contributed by atoms with van der Waals surface area (Å²) >= 11 is 0. The van der Waals surface area contributed by atoms with Gasteiger partial charge >= 0.3 is 5.97 Å². The molecule has 2 amide bonds. The van der Waals surface area contributed by atoms with Crippen molar-refractivity contribution in [3.63, 3.8) is 0 Å². The Morgan fingerprint density at radius 3 is 2.59 bits per heavy atom. The topological polar surface area (TPSA) is 98.1 Å². The fraction of sp³-hybridized carbons (Fsp3) is 0.483. The number of aryl methyl sites for hydroxylation is 1. The van der Waals surface area contributed by atoms with Crippen LogP contribution < -0.4 is 10.1 Å². The highest BCUT2D eigenvalue weighted by Gasteiger charge is 2.61. The maximum atomic E-state index is 14.0. The molecule has 2 atom stereocenters. The van der Waals surface area contributed by atoms with Crippen molar-refractivity contribution in [3.05, 3.63) is 65.3 Å². The van der Waals surface area contributed by atoms with E-state index in [9.17, 15) is 14.4 Å². The zero-order chi connectivity index (χ0) is 26.4. The van der Waals surface area contributed by atoms with Crippen LogP contribution in [0.5, 0.6) is 5.75 Å². The van der Waals surface area contributed by atoms with Crippen LogP contribution in [0, 0.1) is 18.3 Å². The Kier molecular flexibility index (Phi) is 8.36. The summed E-state index contributed by atoms with van der Waals surface area (Å²) in [6.07, 6.45) is 5.87.